The summed E-state index contributed by atoms with van der Waals surface area (Å²) in [4.78, 5) is 23.4. The zero-order valence-electron chi connectivity index (χ0n) is 18.1. The van der Waals surface area contributed by atoms with Gasteiger partial charge in [0, 0.05) is 42.0 Å². The summed E-state index contributed by atoms with van der Waals surface area (Å²) < 4.78 is 5.60. The highest BCUT2D eigenvalue weighted by molar-refractivity contribution is 6.10. The average Bonchev–Trinajstić information content (AvgIpc) is 2.81. The number of allylic oxidation sites excluding steroid dienone is 3. The normalized spacial score (nSPS) is 11.1. The van der Waals surface area contributed by atoms with E-state index >= 15 is 0 Å². The molecule has 2 heterocycles. The van der Waals surface area contributed by atoms with Crippen LogP contribution in [0.1, 0.15) is 37.0 Å². The number of amides is 1. The fourth-order valence-electron chi connectivity index (χ4n) is 3.59. The molecule has 2 aromatic heterocycles. The molecular formula is C25H24N4O2. The van der Waals surface area contributed by atoms with Gasteiger partial charge in [0.25, 0.3) is 0 Å². The Morgan fingerprint density at radius 2 is 2.13 bits per heavy atom. The second-order valence-electron chi connectivity index (χ2n) is 6.89. The number of anilines is 2. The zero-order valence-corrected chi connectivity index (χ0v) is 18.1. The SMILES string of the molecule is C=C/C(=C\C)c1cc2c(N(C(=O)CC)c3ccncc3C#N)c(C)cnc2cc1OC. The van der Waals surface area contributed by atoms with Gasteiger partial charge in [-0.05, 0) is 37.1 Å². The van der Waals surface area contributed by atoms with E-state index in [2.05, 4.69) is 22.6 Å². The first-order chi connectivity index (χ1) is 15.0. The van der Waals surface area contributed by atoms with Gasteiger partial charge in [-0.3, -0.25) is 19.7 Å². The monoisotopic (exact) mass is 412 g/mol. The van der Waals surface area contributed by atoms with Crippen LogP contribution in [0, 0.1) is 18.3 Å². The second-order valence-corrected chi connectivity index (χ2v) is 6.89. The highest BCUT2D eigenvalue weighted by Crippen LogP contribution is 2.40. The lowest BCUT2D eigenvalue weighted by Gasteiger charge is -2.27. The number of fused-ring (bicyclic) bond motifs is 1. The fraction of sp³-hybridized carbons (Fsp3) is 0.200. The zero-order chi connectivity index (χ0) is 22.5. The molecule has 0 aliphatic heterocycles. The number of rotatable bonds is 6. The van der Waals surface area contributed by atoms with E-state index < -0.39 is 0 Å². The second kappa shape index (κ2) is 9.23. The first kappa shape index (κ1) is 21.7. The number of aryl methyl sites for hydroxylation is 1. The van der Waals surface area contributed by atoms with Gasteiger partial charge in [-0.2, -0.15) is 5.26 Å². The van der Waals surface area contributed by atoms with Gasteiger partial charge in [0.05, 0.1) is 29.6 Å². The molecule has 6 heteroatoms. The molecule has 1 amide bonds. The first-order valence-corrected chi connectivity index (χ1v) is 9.94. The summed E-state index contributed by atoms with van der Waals surface area (Å²) in [6.45, 7) is 9.53. The van der Waals surface area contributed by atoms with Crippen LogP contribution < -0.4 is 9.64 Å². The van der Waals surface area contributed by atoms with Gasteiger partial charge in [0.15, 0.2) is 0 Å². The number of methoxy groups -OCH3 is 1. The van der Waals surface area contributed by atoms with E-state index in [9.17, 15) is 10.1 Å². The third kappa shape index (κ3) is 3.90. The smallest absolute Gasteiger partial charge is 0.231 e. The van der Waals surface area contributed by atoms with Crippen LogP contribution >= 0.6 is 0 Å². The molecule has 0 N–H and O–H groups in total. The van der Waals surface area contributed by atoms with Crippen molar-refractivity contribution in [3.8, 4) is 11.8 Å². The molecule has 0 atom stereocenters. The Morgan fingerprint density at radius 1 is 1.35 bits per heavy atom. The van der Waals surface area contributed by atoms with Crippen molar-refractivity contribution < 1.29 is 9.53 Å². The maximum atomic E-state index is 13.2. The molecular weight excluding hydrogens is 388 g/mol. The molecule has 0 bridgehead atoms. The lowest BCUT2D eigenvalue weighted by molar-refractivity contribution is -0.117. The Balaban J connectivity index is 2.44. The molecule has 156 valence electrons. The van der Waals surface area contributed by atoms with E-state index in [4.69, 9.17) is 4.74 Å². The summed E-state index contributed by atoms with van der Waals surface area (Å²) in [5.41, 5.74) is 4.74. The van der Waals surface area contributed by atoms with Crippen molar-refractivity contribution in [3.05, 3.63) is 72.2 Å². The molecule has 0 fully saturated rings. The molecule has 0 saturated heterocycles. The van der Waals surface area contributed by atoms with Gasteiger partial charge in [-0.15, -0.1) is 0 Å². The Labute approximate surface area is 182 Å². The van der Waals surface area contributed by atoms with Crippen molar-refractivity contribution in [3.63, 3.8) is 0 Å². The Kier molecular flexibility index (Phi) is 6.46. The van der Waals surface area contributed by atoms with Crippen LogP contribution in [0.2, 0.25) is 0 Å². The lowest BCUT2D eigenvalue weighted by Crippen LogP contribution is -2.27. The molecule has 0 aliphatic rings. The minimum Gasteiger partial charge on any atom is -0.496 e. The average molecular weight is 412 g/mol. The topological polar surface area (TPSA) is 79.1 Å². The molecule has 6 nitrogen and oxygen atoms in total. The maximum Gasteiger partial charge on any atom is 0.231 e. The van der Waals surface area contributed by atoms with Gasteiger partial charge >= 0.3 is 0 Å². The minimum atomic E-state index is -0.134. The van der Waals surface area contributed by atoms with Crippen molar-refractivity contribution in [1.82, 2.24) is 9.97 Å². The maximum absolute atomic E-state index is 13.2. The molecule has 0 unspecified atom stereocenters. The van der Waals surface area contributed by atoms with Crippen molar-refractivity contribution in [1.29, 1.82) is 5.26 Å². The number of aromatic nitrogens is 2. The minimum absolute atomic E-state index is 0.134. The van der Waals surface area contributed by atoms with Gasteiger partial charge in [0.1, 0.15) is 11.8 Å². The molecule has 0 saturated carbocycles. The summed E-state index contributed by atoms with van der Waals surface area (Å²) in [5, 5.41) is 10.4. The van der Waals surface area contributed by atoms with E-state index in [0.29, 0.717) is 28.2 Å². The summed E-state index contributed by atoms with van der Waals surface area (Å²) in [6.07, 6.45) is 8.75. The highest BCUT2D eigenvalue weighted by Gasteiger charge is 2.25. The first-order valence-electron chi connectivity index (χ1n) is 9.94. The molecule has 1 aromatic carbocycles. The van der Waals surface area contributed by atoms with E-state index in [1.54, 1.807) is 43.5 Å². The Morgan fingerprint density at radius 3 is 2.74 bits per heavy atom. The number of hydrogen-bond donors (Lipinski definition) is 0. The number of pyridine rings is 2. The molecule has 3 rings (SSSR count). The third-order valence-corrected chi connectivity index (χ3v) is 5.12. The van der Waals surface area contributed by atoms with Crippen LogP contribution in [0.15, 0.2) is 55.5 Å². The van der Waals surface area contributed by atoms with Crippen LogP contribution in [0.4, 0.5) is 11.4 Å². The number of ether oxygens (including phenoxy) is 1. The number of carbonyl (C=O) groups is 1. The van der Waals surface area contributed by atoms with E-state index in [-0.39, 0.29) is 12.3 Å². The quantitative estimate of drug-likeness (QED) is 0.501. The Bertz CT molecular complexity index is 1240. The summed E-state index contributed by atoms with van der Waals surface area (Å²) in [7, 11) is 1.61. The van der Waals surface area contributed by atoms with Gasteiger partial charge in [-0.25, -0.2) is 0 Å². The van der Waals surface area contributed by atoms with Gasteiger partial charge < -0.3 is 4.74 Å². The summed E-state index contributed by atoms with van der Waals surface area (Å²) in [5.74, 6) is 0.531. The van der Waals surface area contributed by atoms with Crippen molar-refractivity contribution in [2.75, 3.05) is 12.0 Å². The van der Waals surface area contributed by atoms with Gasteiger partial charge in [-0.1, -0.05) is 25.7 Å². The predicted molar refractivity (Wildman–Crippen MR) is 123 cm³/mol. The van der Waals surface area contributed by atoms with Gasteiger partial charge in [0.2, 0.25) is 5.91 Å². The van der Waals surface area contributed by atoms with Crippen LogP contribution in [-0.2, 0) is 4.79 Å². The van der Waals surface area contributed by atoms with E-state index in [1.165, 1.54) is 6.20 Å². The summed E-state index contributed by atoms with van der Waals surface area (Å²) in [6, 6.07) is 7.64. The third-order valence-electron chi connectivity index (χ3n) is 5.12. The standard InChI is InChI=1S/C25H24N4O2/c1-6-17(7-2)19-11-20-21(12-23(19)31-5)28-14-16(4)25(20)29(24(30)8-3)22-9-10-27-15-18(22)13-26/h6-7,9-12,14-15H,1,8H2,2-5H3/b17-7+. The number of hydrogen-bond acceptors (Lipinski definition) is 5. The number of nitrogens with zero attached hydrogens (tertiary/aromatic N) is 4. The van der Waals surface area contributed by atoms with E-state index in [1.807, 2.05) is 32.1 Å². The Hall–Kier alpha value is -3.98. The van der Waals surface area contributed by atoms with Crippen molar-refractivity contribution in [2.45, 2.75) is 27.2 Å². The molecule has 0 radical (unpaired) electrons. The number of benzene rings is 1. The summed E-state index contributed by atoms with van der Waals surface area (Å²) >= 11 is 0. The number of nitriles is 1. The molecule has 0 spiro atoms. The van der Waals surface area contributed by atoms with Crippen molar-refractivity contribution in [2.24, 2.45) is 0 Å². The van der Waals surface area contributed by atoms with Crippen LogP contribution in [-0.4, -0.2) is 23.0 Å². The van der Waals surface area contributed by atoms with Crippen LogP contribution in [0.3, 0.4) is 0 Å². The van der Waals surface area contributed by atoms with Crippen LogP contribution in [0.25, 0.3) is 16.5 Å². The fourth-order valence-corrected chi connectivity index (χ4v) is 3.59. The lowest BCUT2D eigenvalue weighted by atomic mass is 9.99. The van der Waals surface area contributed by atoms with E-state index in [0.717, 1.165) is 22.1 Å². The molecule has 31 heavy (non-hydrogen) atoms. The molecule has 3 aromatic rings. The highest BCUT2D eigenvalue weighted by atomic mass is 16.5. The number of carbonyl (C=O) groups excluding carboxylic acids is 1. The van der Waals surface area contributed by atoms with Crippen molar-refractivity contribution >= 4 is 33.8 Å². The largest absolute Gasteiger partial charge is 0.496 e. The van der Waals surface area contributed by atoms with Crippen LogP contribution in [0.5, 0.6) is 5.75 Å². The predicted octanol–water partition coefficient (Wildman–Crippen LogP) is 5.48. The molecule has 0 aliphatic carbocycles.